The lowest BCUT2D eigenvalue weighted by atomic mass is 10.1. The number of fused-ring (bicyclic) bond motifs is 1. The van der Waals surface area contributed by atoms with Crippen molar-refractivity contribution in [3.05, 3.63) is 47.2 Å². The average Bonchev–Trinajstić information content (AvgIpc) is 3.00. The third-order valence-corrected chi connectivity index (χ3v) is 13.4. The van der Waals surface area contributed by atoms with Gasteiger partial charge in [-0.3, -0.25) is 0 Å². The molecule has 0 unspecified atom stereocenters. The van der Waals surface area contributed by atoms with E-state index in [2.05, 4.69) is 86.1 Å². The van der Waals surface area contributed by atoms with Gasteiger partial charge in [-0.2, -0.15) is 0 Å². The van der Waals surface area contributed by atoms with E-state index in [1.54, 1.807) is 7.11 Å². The van der Waals surface area contributed by atoms with Crippen molar-refractivity contribution in [3.63, 3.8) is 0 Å². The van der Waals surface area contributed by atoms with Gasteiger partial charge in [-0.15, -0.1) is 0 Å². The maximum atomic E-state index is 5.69. The van der Waals surface area contributed by atoms with Crippen LogP contribution in [-0.2, 0) is 0 Å². The third kappa shape index (κ3) is 3.22. The summed E-state index contributed by atoms with van der Waals surface area (Å²) < 4.78 is 9.27. The predicted molar refractivity (Wildman–Crippen MR) is 126 cm³/mol. The monoisotopic (exact) mass is 458 g/mol. The Balaban J connectivity index is 2.43. The minimum Gasteiger partial charge on any atom is -0.496 e. The molecule has 150 valence electrons. The maximum Gasteiger partial charge on any atom is 0.171 e. The molecule has 0 spiro atoms. The number of methoxy groups -OCH3 is 1. The van der Waals surface area contributed by atoms with Crippen LogP contribution >= 0.6 is 15.9 Å². The Hall–Kier alpha value is -1.59. The van der Waals surface area contributed by atoms with Crippen molar-refractivity contribution >= 4 is 35.2 Å². The van der Waals surface area contributed by atoms with E-state index in [1.807, 2.05) is 18.3 Å². The molecule has 2 heterocycles. The summed E-state index contributed by atoms with van der Waals surface area (Å²) in [6.45, 7) is 14.3. The first-order valence-electron chi connectivity index (χ1n) is 10.1. The number of nitrogens with zero attached hydrogens (tertiary/aromatic N) is 2. The second kappa shape index (κ2) is 8.03. The summed E-state index contributed by atoms with van der Waals surface area (Å²) in [6.07, 6.45) is 4.28. The summed E-state index contributed by atoms with van der Waals surface area (Å²) >= 11 is 3.63. The molecule has 0 radical (unpaired) electrons. The molecule has 0 aliphatic rings. The van der Waals surface area contributed by atoms with E-state index in [-0.39, 0.29) is 0 Å². The van der Waals surface area contributed by atoms with Crippen LogP contribution in [0.3, 0.4) is 0 Å². The largest absolute Gasteiger partial charge is 0.496 e. The Morgan fingerprint density at radius 2 is 1.57 bits per heavy atom. The van der Waals surface area contributed by atoms with E-state index in [4.69, 9.17) is 9.72 Å². The summed E-state index contributed by atoms with van der Waals surface area (Å²) in [6, 6.07) is 10.5. The predicted octanol–water partition coefficient (Wildman–Crippen LogP) is 7.50. The van der Waals surface area contributed by atoms with Crippen LogP contribution in [0.2, 0.25) is 16.6 Å². The minimum atomic E-state index is -1.93. The number of hydrogen-bond acceptors (Lipinski definition) is 2. The van der Waals surface area contributed by atoms with E-state index in [1.165, 1.54) is 10.9 Å². The molecule has 0 fully saturated rings. The molecule has 0 aliphatic carbocycles. The Morgan fingerprint density at radius 1 is 0.964 bits per heavy atom. The normalized spacial score (nSPS) is 12.5. The van der Waals surface area contributed by atoms with Crippen LogP contribution in [0.1, 0.15) is 41.5 Å². The second-order valence-electron chi connectivity index (χ2n) is 8.49. The maximum absolute atomic E-state index is 5.69. The number of ether oxygens (including phenoxy) is 1. The summed E-state index contributed by atoms with van der Waals surface area (Å²) in [4.78, 5) is 4.91. The van der Waals surface area contributed by atoms with E-state index in [0.29, 0.717) is 16.6 Å². The van der Waals surface area contributed by atoms with Gasteiger partial charge in [0, 0.05) is 33.4 Å². The number of pyridine rings is 1. The lowest BCUT2D eigenvalue weighted by molar-refractivity contribution is 0.416. The number of aromatic nitrogens is 2. The smallest absolute Gasteiger partial charge is 0.171 e. The molecule has 5 heteroatoms. The molecule has 1 aromatic carbocycles. The van der Waals surface area contributed by atoms with Gasteiger partial charge in [0.15, 0.2) is 8.24 Å². The Bertz CT molecular complexity index is 956. The highest BCUT2D eigenvalue weighted by atomic mass is 79.9. The molecule has 0 bridgehead atoms. The molecule has 0 saturated heterocycles. The highest BCUT2D eigenvalue weighted by molar-refractivity contribution is 9.10. The van der Waals surface area contributed by atoms with Gasteiger partial charge in [0.2, 0.25) is 0 Å². The molecular formula is C23H31BrN2OSi. The van der Waals surface area contributed by atoms with Crippen LogP contribution in [0, 0.1) is 0 Å². The highest BCUT2D eigenvalue weighted by Gasteiger charge is 2.46. The molecule has 0 N–H and O–H groups in total. The summed E-state index contributed by atoms with van der Waals surface area (Å²) in [5, 5.41) is 1.18. The highest BCUT2D eigenvalue weighted by Crippen LogP contribution is 2.46. The topological polar surface area (TPSA) is 27.1 Å². The van der Waals surface area contributed by atoms with Crippen molar-refractivity contribution in [2.75, 3.05) is 7.11 Å². The van der Waals surface area contributed by atoms with Crippen molar-refractivity contribution in [1.29, 1.82) is 0 Å². The number of benzene rings is 1. The molecule has 0 saturated carbocycles. The first-order valence-corrected chi connectivity index (χ1v) is 13.0. The molecule has 0 aliphatic heterocycles. The van der Waals surface area contributed by atoms with Crippen LogP contribution in [0.4, 0.5) is 0 Å². The number of para-hydroxylation sites is 1. The van der Waals surface area contributed by atoms with Crippen molar-refractivity contribution < 1.29 is 4.74 Å². The molecular weight excluding hydrogens is 428 g/mol. The van der Waals surface area contributed by atoms with E-state index in [0.717, 1.165) is 21.4 Å². The molecule has 3 aromatic rings. The molecule has 28 heavy (non-hydrogen) atoms. The van der Waals surface area contributed by atoms with Gasteiger partial charge in [-0.05, 0) is 44.7 Å². The third-order valence-electron chi connectivity index (χ3n) is 6.20. The van der Waals surface area contributed by atoms with Gasteiger partial charge in [0.05, 0.1) is 7.11 Å². The number of halogens is 1. The SMILES string of the molecule is COc1ccccc1-c1cn([Si](C(C)C)(C(C)C)C(C)C)c2ncc(Br)cc12. The second-order valence-corrected chi connectivity index (χ2v) is 15.1. The fraction of sp³-hybridized carbons (Fsp3) is 0.435. The Kier molecular flexibility index (Phi) is 6.06. The molecule has 3 nitrogen and oxygen atoms in total. The van der Waals surface area contributed by atoms with Gasteiger partial charge in [-0.1, -0.05) is 59.7 Å². The Labute approximate surface area is 178 Å². The first-order chi connectivity index (χ1) is 13.2. The fourth-order valence-corrected chi connectivity index (χ4v) is 12.2. The molecule has 3 rings (SSSR count). The van der Waals surface area contributed by atoms with E-state index >= 15 is 0 Å². The fourth-order valence-electron chi connectivity index (χ4n) is 5.29. The Morgan fingerprint density at radius 3 is 2.14 bits per heavy atom. The molecule has 0 amide bonds. The molecule has 0 atom stereocenters. The summed E-state index contributed by atoms with van der Waals surface area (Å²) in [5.41, 5.74) is 5.19. The molecule has 2 aromatic heterocycles. The zero-order valence-corrected chi connectivity index (χ0v) is 20.5. The van der Waals surface area contributed by atoms with Crippen LogP contribution in [-0.4, -0.2) is 24.6 Å². The number of rotatable bonds is 6. The van der Waals surface area contributed by atoms with Crippen LogP contribution in [0.15, 0.2) is 47.2 Å². The summed E-state index contributed by atoms with van der Waals surface area (Å²) in [7, 11) is -0.189. The zero-order valence-electron chi connectivity index (χ0n) is 18.0. The van der Waals surface area contributed by atoms with Gasteiger partial charge in [0.25, 0.3) is 0 Å². The summed E-state index contributed by atoms with van der Waals surface area (Å²) in [5.74, 6) is 0.896. The van der Waals surface area contributed by atoms with Crippen molar-refractivity contribution in [3.8, 4) is 16.9 Å². The lowest BCUT2D eigenvalue weighted by Gasteiger charge is -2.44. The van der Waals surface area contributed by atoms with Crippen molar-refractivity contribution in [1.82, 2.24) is 9.22 Å². The van der Waals surface area contributed by atoms with Crippen LogP contribution < -0.4 is 4.74 Å². The average molecular weight is 460 g/mol. The van der Waals surface area contributed by atoms with Gasteiger partial charge < -0.3 is 8.97 Å². The van der Waals surface area contributed by atoms with Gasteiger partial charge in [-0.25, -0.2) is 4.98 Å². The lowest BCUT2D eigenvalue weighted by Crippen LogP contribution is -2.51. The van der Waals surface area contributed by atoms with E-state index < -0.39 is 8.24 Å². The van der Waals surface area contributed by atoms with Crippen LogP contribution in [0.25, 0.3) is 22.2 Å². The standard InChI is InChI=1S/C23H31BrN2OSi/c1-15(2)28(16(3)4,17(5)6)26-14-21(19-10-8-9-11-22(19)27-7)20-12-18(24)13-25-23(20)26/h8-17H,1-7H3. The van der Waals surface area contributed by atoms with Crippen LogP contribution in [0.5, 0.6) is 5.75 Å². The van der Waals surface area contributed by atoms with Gasteiger partial charge in [0.1, 0.15) is 11.4 Å². The first kappa shape index (κ1) is 21.1. The van der Waals surface area contributed by atoms with E-state index in [9.17, 15) is 0 Å². The van der Waals surface area contributed by atoms with Crippen molar-refractivity contribution in [2.45, 2.75) is 58.2 Å². The van der Waals surface area contributed by atoms with Gasteiger partial charge >= 0.3 is 0 Å². The minimum absolute atomic E-state index is 0.596. The zero-order chi connectivity index (χ0) is 20.6. The number of hydrogen-bond donors (Lipinski definition) is 0. The van der Waals surface area contributed by atoms with Crippen molar-refractivity contribution in [2.24, 2.45) is 0 Å². The quantitative estimate of drug-likeness (QED) is 0.357.